The number of hydrogen-bond acceptors (Lipinski definition) is 4. The van der Waals surface area contributed by atoms with Gasteiger partial charge in [-0.25, -0.2) is 0 Å². The Morgan fingerprint density at radius 2 is 2.33 bits per heavy atom. The third kappa shape index (κ3) is 5.16. The molecule has 1 N–H and O–H groups in total. The maximum atomic E-state index is 11.7. The highest BCUT2D eigenvalue weighted by molar-refractivity contribution is 7.10. The number of rotatable bonds is 7. The predicted octanol–water partition coefficient (Wildman–Crippen LogP) is 1.64. The zero-order valence-corrected chi connectivity index (χ0v) is 12.3. The van der Waals surface area contributed by atoms with E-state index in [2.05, 4.69) is 23.7 Å². The van der Waals surface area contributed by atoms with Crippen molar-refractivity contribution < 1.29 is 9.53 Å². The van der Waals surface area contributed by atoms with E-state index in [1.807, 2.05) is 18.9 Å². The maximum Gasteiger partial charge on any atom is 0.234 e. The van der Waals surface area contributed by atoms with Gasteiger partial charge in [0.15, 0.2) is 0 Å². The number of carbonyl (C=O) groups excluding carboxylic acids is 1. The molecule has 1 aromatic rings. The molecule has 102 valence electrons. The van der Waals surface area contributed by atoms with Crippen LogP contribution in [0.15, 0.2) is 11.4 Å². The van der Waals surface area contributed by atoms with Gasteiger partial charge < -0.3 is 10.1 Å². The lowest BCUT2D eigenvalue weighted by atomic mass is 10.3. The number of nitrogens with one attached hydrogen (secondary N) is 1. The highest BCUT2D eigenvalue weighted by Crippen LogP contribution is 2.16. The minimum Gasteiger partial charge on any atom is -0.383 e. The second kappa shape index (κ2) is 7.51. The molecule has 1 rings (SSSR count). The number of nitrogens with zero attached hydrogens (tertiary/aromatic N) is 1. The van der Waals surface area contributed by atoms with Crippen LogP contribution in [0.5, 0.6) is 0 Å². The molecule has 0 saturated carbocycles. The van der Waals surface area contributed by atoms with Gasteiger partial charge in [0.25, 0.3) is 0 Å². The molecule has 1 atom stereocenters. The fourth-order valence-electron chi connectivity index (χ4n) is 1.72. The Kier molecular flexibility index (Phi) is 6.32. The lowest BCUT2D eigenvalue weighted by Gasteiger charge is -2.18. The summed E-state index contributed by atoms with van der Waals surface area (Å²) in [7, 11) is 3.59. The molecule has 0 saturated heterocycles. The van der Waals surface area contributed by atoms with Crippen molar-refractivity contribution in [3.05, 3.63) is 21.9 Å². The van der Waals surface area contributed by atoms with Crippen molar-refractivity contribution >= 4 is 17.2 Å². The van der Waals surface area contributed by atoms with Crippen LogP contribution in [0.2, 0.25) is 0 Å². The van der Waals surface area contributed by atoms with Gasteiger partial charge in [0, 0.05) is 24.6 Å². The van der Waals surface area contributed by atoms with Gasteiger partial charge in [0.1, 0.15) is 0 Å². The monoisotopic (exact) mass is 270 g/mol. The van der Waals surface area contributed by atoms with Crippen molar-refractivity contribution in [2.75, 3.05) is 27.3 Å². The third-order valence-corrected chi connectivity index (χ3v) is 3.63. The van der Waals surface area contributed by atoms with Gasteiger partial charge in [-0.15, -0.1) is 11.3 Å². The standard InChI is InChI=1S/C13H22N2O2S/c1-10-5-6-18-12(10)7-15(3)8-13(16)14-11(2)9-17-4/h5-6,11H,7-9H2,1-4H3,(H,14,16). The number of hydrogen-bond donors (Lipinski definition) is 1. The first-order valence-corrected chi connectivity index (χ1v) is 6.90. The number of ether oxygens (including phenoxy) is 1. The first-order chi connectivity index (χ1) is 8.52. The molecule has 0 fully saturated rings. The lowest BCUT2D eigenvalue weighted by Crippen LogP contribution is -2.41. The first kappa shape index (κ1) is 15.1. The van der Waals surface area contributed by atoms with E-state index in [4.69, 9.17) is 4.74 Å². The zero-order valence-electron chi connectivity index (χ0n) is 11.5. The van der Waals surface area contributed by atoms with Crippen molar-refractivity contribution in [3.63, 3.8) is 0 Å². The average molecular weight is 270 g/mol. The molecule has 18 heavy (non-hydrogen) atoms. The van der Waals surface area contributed by atoms with E-state index in [1.54, 1.807) is 18.4 Å². The second-order valence-electron chi connectivity index (χ2n) is 4.62. The van der Waals surface area contributed by atoms with Crippen LogP contribution in [-0.2, 0) is 16.1 Å². The molecular weight excluding hydrogens is 248 g/mol. The quantitative estimate of drug-likeness (QED) is 0.819. The van der Waals surface area contributed by atoms with Crippen LogP contribution < -0.4 is 5.32 Å². The van der Waals surface area contributed by atoms with E-state index in [0.717, 1.165) is 6.54 Å². The number of methoxy groups -OCH3 is 1. The first-order valence-electron chi connectivity index (χ1n) is 6.02. The molecule has 1 heterocycles. The van der Waals surface area contributed by atoms with Crippen LogP contribution in [0.3, 0.4) is 0 Å². The molecular formula is C13H22N2O2S. The third-order valence-electron chi connectivity index (χ3n) is 2.62. The molecule has 0 radical (unpaired) electrons. The normalized spacial score (nSPS) is 12.7. The Labute approximate surface area is 113 Å². The van der Waals surface area contributed by atoms with Crippen LogP contribution >= 0.6 is 11.3 Å². The molecule has 5 heteroatoms. The molecule has 0 aliphatic heterocycles. The Hall–Kier alpha value is -0.910. The van der Waals surface area contributed by atoms with E-state index >= 15 is 0 Å². The molecule has 1 unspecified atom stereocenters. The summed E-state index contributed by atoms with van der Waals surface area (Å²) in [6, 6.07) is 2.16. The highest BCUT2D eigenvalue weighted by atomic mass is 32.1. The van der Waals surface area contributed by atoms with Gasteiger partial charge >= 0.3 is 0 Å². The van der Waals surface area contributed by atoms with Gasteiger partial charge in [-0.2, -0.15) is 0 Å². The Balaban J connectivity index is 2.33. The molecule has 0 spiro atoms. The largest absolute Gasteiger partial charge is 0.383 e. The Morgan fingerprint density at radius 1 is 1.61 bits per heavy atom. The summed E-state index contributed by atoms with van der Waals surface area (Å²) in [5, 5.41) is 4.99. The molecule has 1 aromatic heterocycles. The van der Waals surface area contributed by atoms with Crippen LogP contribution in [0.25, 0.3) is 0 Å². The van der Waals surface area contributed by atoms with E-state index in [-0.39, 0.29) is 11.9 Å². The topological polar surface area (TPSA) is 41.6 Å². The summed E-state index contributed by atoms with van der Waals surface area (Å²) in [5.74, 6) is 0.0382. The fourth-order valence-corrected chi connectivity index (χ4v) is 2.71. The maximum absolute atomic E-state index is 11.7. The summed E-state index contributed by atoms with van der Waals surface area (Å²) >= 11 is 1.73. The minimum atomic E-state index is 0.0382. The van der Waals surface area contributed by atoms with Crippen LogP contribution in [0.1, 0.15) is 17.4 Å². The Morgan fingerprint density at radius 3 is 2.89 bits per heavy atom. The number of likely N-dealkylation sites (N-methyl/N-ethyl adjacent to an activating group) is 1. The number of aryl methyl sites for hydroxylation is 1. The molecule has 1 amide bonds. The number of carbonyl (C=O) groups is 1. The summed E-state index contributed by atoms with van der Waals surface area (Å²) in [6.07, 6.45) is 0. The van der Waals surface area contributed by atoms with E-state index in [0.29, 0.717) is 13.2 Å². The van der Waals surface area contributed by atoms with E-state index < -0.39 is 0 Å². The van der Waals surface area contributed by atoms with Crippen LogP contribution in [-0.4, -0.2) is 44.2 Å². The average Bonchev–Trinajstić information content (AvgIpc) is 2.64. The fraction of sp³-hybridized carbons (Fsp3) is 0.615. The van der Waals surface area contributed by atoms with E-state index in [9.17, 15) is 4.79 Å². The predicted molar refractivity (Wildman–Crippen MR) is 74.9 cm³/mol. The molecule has 0 bridgehead atoms. The lowest BCUT2D eigenvalue weighted by molar-refractivity contribution is -0.123. The molecule has 0 aromatic carbocycles. The smallest absolute Gasteiger partial charge is 0.234 e. The number of amides is 1. The SMILES string of the molecule is COCC(C)NC(=O)CN(C)Cc1sccc1C. The van der Waals surface area contributed by atoms with Crippen molar-refractivity contribution in [1.82, 2.24) is 10.2 Å². The van der Waals surface area contributed by atoms with Crippen molar-refractivity contribution in [2.24, 2.45) is 0 Å². The van der Waals surface area contributed by atoms with Crippen molar-refractivity contribution in [2.45, 2.75) is 26.4 Å². The second-order valence-corrected chi connectivity index (χ2v) is 5.62. The summed E-state index contributed by atoms with van der Waals surface area (Å²) in [6.45, 7) is 5.80. The van der Waals surface area contributed by atoms with Crippen molar-refractivity contribution in [1.29, 1.82) is 0 Å². The highest BCUT2D eigenvalue weighted by Gasteiger charge is 2.11. The van der Waals surface area contributed by atoms with Crippen molar-refractivity contribution in [3.8, 4) is 0 Å². The van der Waals surface area contributed by atoms with Crippen LogP contribution in [0.4, 0.5) is 0 Å². The van der Waals surface area contributed by atoms with Gasteiger partial charge in [0.05, 0.1) is 13.2 Å². The summed E-state index contributed by atoms with van der Waals surface area (Å²) < 4.78 is 4.98. The van der Waals surface area contributed by atoms with E-state index in [1.165, 1.54) is 10.4 Å². The molecule has 0 aliphatic rings. The minimum absolute atomic E-state index is 0.0382. The summed E-state index contributed by atoms with van der Waals surface area (Å²) in [5.41, 5.74) is 1.29. The number of thiophene rings is 1. The molecule has 4 nitrogen and oxygen atoms in total. The Bertz CT molecular complexity index is 379. The molecule has 0 aliphatic carbocycles. The summed E-state index contributed by atoms with van der Waals surface area (Å²) in [4.78, 5) is 15.1. The van der Waals surface area contributed by atoms with Gasteiger partial charge in [-0.1, -0.05) is 0 Å². The zero-order chi connectivity index (χ0) is 13.5. The van der Waals surface area contributed by atoms with Gasteiger partial charge in [-0.05, 0) is 37.9 Å². The van der Waals surface area contributed by atoms with Gasteiger partial charge in [-0.3, -0.25) is 9.69 Å². The van der Waals surface area contributed by atoms with Gasteiger partial charge in [0.2, 0.25) is 5.91 Å². The van der Waals surface area contributed by atoms with Crippen LogP contribution in [0, 0.1) is 6.92 Å².